The van der Waals surface area contributed by atoms with Crippen LogP contribution in [0.5, 0.6) is 5.75 Å². The summed E-state index contributed by atoms with van der Waals surface area (Å²) in [5.74, 6) is -2.00. The lowest BCUT2D eigenvalue weighted by Gasteiger charge is -2.41. The van der Waals surface area contributed by atoms with Crippen molar-refractivity contribution in [2.75, 3.05) is 13.1 Å². The molecule has 5 rings (SSSR count). The van der Waals surface area contributed by atoms with Crippen LogP contribution in [-0.4, -0.2) is 56.1 Å². The van der Waals surface area contributed by atoms with E-state index in [1.807, 2.05) is 6.92 Å². The fourth-order valence-electron chi connectivity index (χ4n) is 4.15. The predicted molar refractivity (Wildman–Crippen MR) is 117 cm³/mol. The molecular weight excluding hydrogens is 449 g/mol. The molecule has 1 aromatic carbocycles. The molecule has 176 valence electrons. The smallest absolute Gasteiger partial charge is 0.341 e. The van der Waals surface area contributed by atoms with Crippen molar-refractivity contribution in [1.29, 1.82) is 0 Å². The summed E-state index contributed by atoms with van der Waals surface area (Å²) >= 11 is 0. The maximum absolute atomic E-state index is 14.3. The van der Waals surface area contributed by atoms with E-state index in [-0.39, 0.29) is 18.8 Å². The van der Waals surface area contributed by atoms with Crippen LogP contribution >= 0.6 is 0 Å². The summed E-state index contributed by atoms with van der Waals surface area (Å²) in [5.41, 5.74) is 2.39. The molecule has 2 aliphatic heterocycles. The Hall–Kier alpha value is -3.89. The second-order valence-electron chi connectivity index (χ2n) is 8.33. The van der Waals surface area contributed by atoms with E-state index in [0.29, 0.717) is 17.7 Å². The van der Waals surface area contributed by atoms with Crippen LogP contribution in [0.1, 0.15) is 23.7 Å². The molecule has 0 radical (unpaired) electrons. The minimum atomic E-state index is -0.716. The van der Waals surface area contributed by atoms with Crippen LogP contribution in [0.3, 0.4) is 0 Å². The first-order valence-corrected chi connectivity index (χ1v) is 10.7. The Bertz CT molecular complexity index is 1270. The second-order valence-corrected chi connectivity index (χ2v) is 8.33. The lowest BCUT2D eigenvalue weighted by molar-refractivity contribution is 0.0256. The minimum absolute atomic E-state index is 0.0395. The first-order valence-electron chi connectivity index (χ1n) is 10.7. The van der Waals surface area contributed by atoms with Gasteiger partial charge in [-0.25, -0.2) is 23.0 Å². The SMILES string of the molecule is Cc1nn(C)cc1-c1cc(OC2CN(C(=O)N3N=CC[C@H]3c3cc(F)cc(F)c3)C2)c(F)cn1. The number of rotatable bonds is 4. The largest absolute Gasteiger partial charge is 0.483 e. The van der Waals surface area contributed by atoms with Crippen molar-refractivity contribution < 1.29 is 22.7 Å². The van der Waals surface area contributed by atoms with Crippen LogP contribution in [0.25, 0.3) is 11.3 Å². The first kappa shape index (κ1) is 21.9. The second kappa shape index (κ2) is 8.47. The number of likely N-dealkylation sites (tertiary alicyclic amines) is 1. The van der Waals surface area contributed by atoms with Crippen molar-refractivity contribution in [2.45, 2.75) is 25.5 Å². The van der Waals surface area contributed by atoms with Crippen LogP contribution in [-0.2, 0) is 7.05 Å². The number of urea groups is 1. The van der Waals surface area contributed by atoms with E-state index in [0.717, 1.165) is 23.5 Å². The molecule has 4 heterocycles. The third-order valence-electron chi connectivity index (χ3n) is 5.82. The third-order valence-corrected chi connectivity index (χ3v) is 5.82. The quantitative estimate of drug-likeness (QED) is 0.581. The lowest BCUT2D eigenvalue weighted by Crippen LogP contribution is -2.58. The zero-order valence-electron chi connectivity index (χ0n) is 18.5. The van der Waals surface area contributed by atoms with Gasteiger partial charge in [-0.1, -0.05) is 0 Å². The number of carbonyl (C=O) groups excluding carboxylic acids is 1. The highest BCUT2D eigenvalue weighted by atomic mass is 19.1. The summed E-state index contributed by atoms with van der Waals surface area (Å²) in [6.45, 7) is 2.28. The molecule has 0 spiro atoms. The van der Waals surface area contributed by atoms with E-state index in [1.165, 1.54) is 34.3 Å². The molecule has 34 heavy (non-hydrogen) atoms. The van der Waals surface area contributed by atoms with Gasteiger partial charge in [-0.2, -0.15) is 10.2 Å². The van der Waals surface area contributed by atoms with Crippen LogP contribution in [0.4, 0.5) is 18.0 Å². The Balaban J connectivity index is 1.24. The number of nitrogens with zero attached hydrogens (tertiary/aromatic N) is 6. The number of halogens is 3. The third kappa shape index (κ3) is 4.09. The molecule has 0 saturated carbocycles. The molecule has 1 atom stereocenters. The van der Waals surface area contributed by atoms with E-state index >= 15 is 0 Å². The molecular formula is C23H21F3N6O2. The molecule has 0 N–H and O–H groups in total. The van der Waals surface area contributed by atoms with Gasteiger partial charge in [-0.05, 0) is 24.6 Å². The summed E-state index contributed by atoms with van der Waals surface area (Å²) in [7, 11) is 1.79. The van der Waals surface area contributed by atoms with Gasteiger partial charge in [-0.15, -0.1) is 0 Å². The standard InChI is InChI=1S/C23H21F3N6O2/c1-13-18(12-30(2)29-13)20-8-22(19(26)9-27-20)34-17-10-31(11-17)23(33)32-21(3-4-28-32)14-5-15(24)7-16(25)6-14/h4-9,12,17,21H,3,10-11H2,1-2H3/t21-/m0/s1. The number of hydrogen-bond acceptors (Lipinski definition) is 5. The van der Waals surface area contributed by atoms with Crippen molar-refractivity contribution in [3.05, 3.63) is 65.4 Å². The maximum atomic E-state index is 14.3. The van der Waals surface area contributed by atoms with Gasteiger partial charge in [-0.3, -0.25) is 9.67 Å². The molecule has 2 amide bonds. The van der Waals surface area contributed by atoms with E-state index in [9.17, 15) is 18.0 Å². The van der Waals surface area contributed by atoms with Crippen molar-refractivity contribution in [3.8, 4) is 17.0 Å². The van der Waals surface area contributed by atoms with Crippen molar-refractivity contribution >= 4 is 12.2 Å². The van der Waals surface area contributed by atoms with Gasteiger partial charge in [0.2, 0.25) is 0 Å². The highest BCUT2D eigenvalue weighted by Gasteiger charge is 2.39. The Morgan fingerprint density at radius 2 is 1.85 bits per heavy atom. The number of pyridine rings is 1. The number of ether oxygens (including phenoxy) is 1. The molecule has 2 aliphatic rings. The molecule has 1 saturated heterocycles. The van der Waals surface area contributed by atoms with Crippen molar-refractivity contribution in [2.24, 2.45) is 12.1 Å². The molecule has 2 aromatic heterocycles. The fraction of sp³-hybridized carbons (Fsp3) is 0.304. The molecule has 1 fully saturated rings. The van der Waals surface area contributed by atoms with Crippen LogP contribution in [0.2, 0.25) is 0 Å². The molecule has 3 aromatic rings. The summed E-state index contributed by atoms with van der Waals surface area (Å²) < 4.78 is 49.1. The molecule has 11 heteroatoms. The summed E-state index contributed by atoms with van der Waals surface area (Å²) in [5, 5.41) is 9.57. The van der Waals surface area contributed by atoms with Gasteiger partial charge >= 0.3 is 6.03 Å². The van der Waals surface area contributed by atoms with Crippen molar-refractivity contribution in [1.82, 2.24) is 24.7 Å². The normalized spacial score (nSPS) is 17.9. The number of aryl methyl sites for hydroxylation is 2. The van der Waals surface area contributed by atoms with Crippen LogP contribution in [0.15, 0.2) is 41.8 Å². The fourth-order valence-corrected chi connectivity index (χ4v) is 4.15. The predicted octanol–water partition coefficient (Wildman–Crippen LogP) is 3.82. The molecule has 8 nitrogen and oxygen atoms in total. The number of benzene rings is 1. The van der Waals surface area contributed by atoms with Gasteiger partial charge in [0.1, 0.15) is 17.7 Å². The average Bonchev–Trinajstić information content (AvgIpc) is 3.37. The van der Waals surface area contributed by atoms with E-state index < -0.39 is 35.6 Å². The summed E-state index contributed by atoms with van der Waals surface area (Å²) in [6.07, 6.45) is 4.36. The maximum Gasteiger partial charge on any atom is 0.341 e. The van der Waals surface area contributed by atoms with Gasteiger partial charge in [0, 0.05) is 43.6 Å². The van der Waals surface area contributed by atoms with E-state index in [1.54, 1.807) is 17.9 Å². The zero-order chi connectivity index (χ0) is 24.0. The Morgan fingerprint density at radius 1 is 1.12 bits per heavy atom. The van der Waals surface area contributed by atoms with Crippen molar-refractivity contribution in [3.63, 3.8) is 0 Å². The molecule has 0 bridgehead atoms. The highest BCUT2D eigenvalue weighted by molar-refractivity contribution is 5.79. The molecule has 0 unspecified atom stereocenters. The number of hydrogen-bond donors (Lipinski definition) is 0. The average molecular weight is 470 g/mol. The first-order chi connectivity index (χ1) is 16.3. The molecule has 0 aliphatic carbocycles. The Morgan fingerprint density at radius 3 is 2.53 bits per heavy atom. The Kier molecular flexibility index (Phi) is 5.46. The van der Waals surface area contributed by atoms with Crippen LogP contribution in [0, 0.1) is 24.4 Å². The number of aromatic nitrogens is 3. The number of hydrazone groups is 1. The minimum Gasteiger partial charge on any atom is -0.483 e. The van der Waals surface area contributed by atoms with E-state index in [4.69, 9.17) is 4.74 Å². The Labute approximate surface area is 193 Å². The van der Waals surface area contributed by atoms with E-state index in [2.05, 4.69) is 15.2 Å². The summed E-state index contributed by atoms with van der Waals surface area (Å²) in [6, 6.07) is 3.67. The lowest BCUT2D eigenvalue weighted by atomic mass is 10.0. The van der Waals surface area contributed by atoms with Gasteiger partial charge in [0.25, 0.3) is 0 Å². The number of carbonyl (C=O) groups is 1. The van der Waals surface area contributed by atoms with Gasteiger partial charge in [0.05, 0.1) is 36.7 Å². The topological polar surface area (TPSA) is 75.8 Å². The zero-order valence-corrected chi connectivity index (χ0v) is 18.5. The van der Waals surface area contributed by atoms with Gasteiger partial charge in [0.15, 0.2) is 11.6 Å². The van der Waals surface area contributed by atoms with Gasteiger partial charge < -0.3 is 9.64 Å². The highest BCUT2D eigenvalue weighted by Crippen LogP contribution is 2.32. The summed E-state index contributed by atoms with van der Waals surface area (Å²) in [4.78, 5) is 18.5. The van der Waals surface area contributed by atoms with Crippen LogP contribution < -0.4 is 4.74 Å². The monoisotopic (exact) mass is 470 g/mol. The number of amides is 2.